The van der Waals surface area contributed by atoms with Crippen LogP contribution in [0.15, 0.2) is 88.5 Å². The van der Waals surface area contributed by atoms with Crippen molar-refractivity contribution in [2.24, 2.45) is 0 Å². The summed E-state index contributed by atoms with van der Waals surface area (Å²) in [7, 11) is 0. The van der Waals surface area contributed by atoms with Crippen molar-refractivity contribution in [3.63, 3.8) is 0 Å². The van der Waals surface area contributed by atoms with Crippen LogP contribution in [0.1, 0.15) is 21.8 Å². The number of ketones is 1. The quantitative estimate of drug-likeness (QED) is 0.247. The van der Waals surface area contributed by atoms with E-state index in [9.17, 15) is 4.79 Å². The predicted octanol–water partition coefficient (Wildman–Crippen LogP) is 5.72. The summed E-state index contributed by atoms with van der Waals surface area (Å²) >= 11 is 1.20. The molecule has 4 aromatic rings. The standard InChI is InChI=1S/C24H20N2O4S/c1-17-7-11-19(12-8-17)28-15-23-25-26-24(30-23)31-16-22(27)18-9-13-21(14-10-18)29-20-5-3-2-4-6-20/h2-14H,15-16H2,1H3. The number of Topliss-reactive ketones (excluding diaryl/α,β-unsaturated/α-hetero) is 1. The molecule has 4 rings (SSSR count). The van der Waals surface area contributed by atoms with Gasteiger partial charge in [-0.2, -0.15) is 0 Å². The van der Waals surface area contributed by atoms with E-state index in [4.69, 9.17) is 13.9 Å². The van der Waals surface area contributed by atoms with Gasteiger partial charge in [-0.25, -0.2) is 0 Å². The van der Waals surface area contributed by atoms with Gasteiger partial charge in [-0.1, -0.05) is 47.7 Å². The molecule has 0 aliphatic carbocycles. The molecule has 0 saturated heterocycles. The molecule has 6 nitrogen and oxygen atoms in total. The Morgan fingerprint density at radius 2 is 1.55 bits per heavy atom. The van der Waals surface area contributed by atoms with Gasteiger partial charge in [0.05, 0.1) is 5.75 Å². The maximum absolute atomic E-state index is 12.5. The molecule has 0 aliphatic rings. The third-order valence-electron chi connectivity index (χ3n) is 4.31. The maximum atomic E-state index is 12.5. The third kappa shape index (κ3) is 5.96. The number of ether oxygens (including phenoxy) is 2. The summed E-state index contributed by atoms with van der Waals surface area (Å²) in [6.45, 7) is 2.19. The minimum Gasteiger partial charge on any atom is -0.484 e. The summed E-state index contributed by atoms with van der Waals surface area (Å²) < 4.78 is 16.9. The average Bonchev–Trinajstić information content (AvgIpc) is 3.26. The molecule has 1 heterocycles. The van der Waals surface area contributed by atoms with Gasteiger partial charge in [0.2, 0.25) is 0 Å². The Kier molecular flexibility index (Phi) is 6.64. The number of para-hydroxylation sites is 1. The molecule has 0 radical (unpaired) electrons. The van der Waals surface area contributed by atoms with Crippen molar-refractivity contribution in [2.75, 3.05) is 5.75 Å². The molecule has 1 aromatic heterocycles. The summed E-state index contributed by atoms with van der Waals surface area (Å²) in [6.07, 6.45) is 0. The summed E-state index contributed by atoms with van der Waals surface area (Å²) in [4.78, 5) is 12.5. The normalized spacial score (nSPS) is 10.6. The van der Waals surface area contributed by atoms with Crippen LogP contribution in [-0.2, 0) is 6.61 Å². The topological polar surface area (TPSA) is 74.5 Å². The van der Waals surface area contributed by atoms with Crippen molar-refractivity contribution in [2.45, 2.75) is 18.8 Å². The molecule has 0 atom stereocenters. The molecule has 0 amide bonds. The van der Waals surface area contributed by atoms with E-state index in [1.165, 1.54) is 11.8 Å². The molecular weight excluding hydrogens is 412 g/mol. The number of hydrogen-bond donors (Lipinski definition) is 0. The van der Waals surface area contributed by atoms with E-state index in [1.54, 1.807) is 24.3 Å². The number of hydrogen-bond acceptors (Lipinski definition) is 7. The van der Waals surface area contributed by atoms with Crippen LogP contribution < -0.4 is 9.47 Å². The number of nitrogens with zero attached hydrogens (tertiary/aromatic N) is 2. The Balaban J connectivity index is 1.26. The molecule has 156 valence electrons. The summed E-state index contributed by atoms with van der Waals surface area (Å²) in [5.41, 5.74) is 1.75. The number of carbonyl (C=O) groups is 1. The lowest BCUT2D eigenvalue weighted by atomic mass is 10.1. The van der Waals surface area contributed by atoms with Gasteiger partial charge in [0.15, 0.2) is 12.4 Å². The number of benzene rings is 3. The van der Waals surface area contributed by atoms with Crippen molar-refractivity contribution >= 4 is 17.5 Å². The Labute approximate surface area is 184 Å². The van der Waals surface area contributed by atoms with E-state index < -0.39 is 0 Å². The molecule has 0 N–H and O–H groups in total. The molecule has 0 unspecified atom stereocenters. The molecular formula is C24H20N2O4S. The van der Waals surface area contributed by atoms with Crippen molar-refractivity contribution in [3.8, 4) is 17.2 Å². The fraction of sp³-hybridized carbons (Fsp3) is 0.125. The van der Waals surface area contributed by atoms with Crippen LogP contribution in [0.5, 0.6) is 17.2 Å². The molecule has 0 saturated carbocycles. The molecule has 31 heavy (non-hydrogen) atoms. The lowest BCUT2D eigenvalue weighted by molar-refractivity contribution is 0.102. The number of thioether (sulfide) groups is 1. The molecule has 0 bridgehead atoms. The second kappa shape index (κ2) is 9.95. The van der Waals surface area contributed by atoms with Crippen LogP contribution >= 0.6 is 11.8 Å². The first-order valence-corrected chi connectivity index (χ1v) is 10.6. The van der Waals surface area contributed by atoms with Crippen molar-refractivity contribution in [3.05, 3.63) is 95.9 Å². The Morgan fingerprint density at radius 3 is 2.29 bits per heavy atom. The first-order valence-electron chi connectivity index (χ1n) is 9.66. The van der Waals surface area contributed by atoms with Crippen LogP contribution in [0.2, 0.25) is 0 Å². The van der Waals surface area contributed by atoms with Crippen LogP contribution in [0.3, 0.4) is 0 Å². The van der Waals surface area contributed by atoms with Crippen molar-refractivity contribution in [1.29, 1.82) is 0 Å². The SMILES string of the molecule is Cc1ccc(OCc2nnc(SCC(=O)c3ccc(Oc4ccccc4)cc3)o2)cc1. The predicted molar refractivity (Wildman–Crippen MR) is 118 cm³/mol. The van der Waals surface area contributed by atoms with Gasteiger partial charge >= 0.3 is 0 Å². The summed E-state index contributed by atoms with van der Waals surface area (Å²) in [6, 6.07) is 24.2. The largest absolute Gasteiger partial charge is 0.484 e. The molecule has 0 fully saturated rings. The van der Waals surface area contributed by atoms with Gasteiger partial charge in [-0.15, -0.1) is 10.2 Å². The van der Waals surface area contributed by atoms with Crippen molar-refractivity contribution < 1.29 is 18.7 Å². The average molecular weight is 433 g/mol. The fourth-order valence-corrected chi connectivity index (χ4v) is 3.35. The van der Waals surface area contributed by atoms with Gasteiger partial charge in [0.25, 0.3) is 11.1 Å². The second-order valence-corrected chi connectivity index (χ2v) is 7.64. The molecule has 0 spiro atoms. The second-order valence-electron chi connectivity index (χ2n) is 6.71. The zero-order valence-corrected chi connectivity index (χ0v) is 17.7. The smallest absolute Gasteiger partial charge is 0.277 e. The number of rotatable bonds is 9. The van der Waals surface area contributed by atoms with E-state index in [1.807, 2.05) is 61.5 Å². The highest BCUT2D eigenvalue weighted by atomic mass is 32.2. The Morgan fingerprint density at radius 1 is 0.871 bits per heavy atom. The van der Waals surface area contributed by atoms with E-state index >= 15 is 0 Å². The molecule has 3 aromatic carbocycles. The van der Waals surface area contributed by atoms with E-state index in [0.717, 1.165) is 17.1 Å². The Bertz CT molecular complexity index is 1130. The van der Waals surface area contributed by atoms with Gasteiger partial charge < -0.3 is 13.9 Å². The summed E-state index contributed by atoms with van der Waals surface area (Å²) in [5, 5.41) is 8.26. The van der Waals surface area contributed by atoms with Crippen LogP contribution in [0.4, 0.5) is 0 Å². The highest BCUT2D eigenvalue weighted by Gasteiger charge is 2.12. The minimum atomic E-state index is -0.0353. The highest BCUT2D eigenvalue weighted by molar-refractivity contribution is 7.99. The fourth-order valence-electron chi connectivity index (χ4n) is 2.68. The monoisotopic (exact) mass is 432 g/mol. The Hall–Kier alpha value is -3.58. The number of aryl methyl sites for hydroxylation is 1. The first kappa shape index (κ1) is 20.7. The lowest BCUT2D eigenvalue weighted by Crippen LogP contribution is -2.02. The maximum Gasteiger partial charge on any atom is 0.277 e. The van der Waals surface area contributed by atoms with Crippen LogP contribution in [0.25, 0.3) is 0 Å². The minimum absolute atomic E-state index is 0.0353. The number of carbonyl (C=O) groups excluding carboxylic acids is 1. The van der Waals surface area contributed by atoms with E-state index in [0.29, 0.717) is 22.4 Å². The highest BCUT2D eigenvalue weighted by Crippen LogP contribution is 2.23. The first-order chi connectivity index (χ1) is 15.2. The third-order valence-corrected chi connectivity index (χ3v) is 5.13. The van der Waals surface area contributed by atoms with Crippen LogP contribution in [-0.4, -0.2) is 21.7 Å². The van der Waals surface area contributed by atoms with Gasteiger partial charge in [-0.05, 0) is 55.5 Å². The zero-order chi connectivity index (χ0) is 21.5. The number of aromatic nitrogens is 2. The van der Waals surface area contributed by atoms with Gasteiger partial charge in [-0.3, -0.25) is 4.79 Å². The van der Waals surface area contributed by atoms with Crippen molar-refractivity contribution in [1.82, 2.24) is 10.2 Å². The lowest BCUT2D eigenvalue weighted by Gasteiger charge is -2.06. The summed E-state index contributed by atoms with van der Waals surface area (Å²) in [5.74, 6) is 2.67. The van der Waals surface area contributed by atoms with E-state index in [2.05, 4.69) is 10.2 Å². The van der Waals surface area contributed by atoms with E-state index in [-0.39, 0.29) is 18.1 Å². The van der Waals surface area contributed by atoms with Gasteiger partial charge in [0.1, 0.15) is 17.2 Å². The van der Waals surface area contributed by atoms with Gasteiger partial charge in [0, 0.05) is 5.56 Å². The molecule has 7 heteroatoms. The zero-order valence-electron chi connectivity index (χ0n) is 16.9. The molecule has 0 aliphatic heterocycles. The van der Waals surface area contributed by atoms with Crippen LogP contribution in [0, 0.1) is 6.92 Å².